The van der Waals surface area contributed by atoms with Gasteiger partial charge in [-0.15, -0.1) is 0 Å². The van der Waals surface area contributed by atoms with Gasteiger partial charge in [-0.25, -0.2) is 13.4 Å². The maximum absolute atomic E-state index is 12.8. The maximum Gasteiger partial charge on any atom is 0.244 e. The van der Waals surface area contributed by atoms with Gasteiger partial charge in [0.1, 0.15) is 10.7 Å². The van der Waals surface area contributed by atoms with Gasteiger partial charge in [0.05, 0.1) is 0 Å². The summed E-state index contributed by atoms with van der Waals surface area (Å²) in [5, 5.41) is 0. The van der Waals surface area contributed by atoms with Crippen molar-refractivity contribution in [3.8, 4) is 0 Å². The number of likely N-dealkylation sites (N-methyl/N-ethyl adjacent to an activating group) is 1. The summed E-state index contributed by atoms with van der Waals surface area (Å²) in [4.78, 5) is 9.21. The summed E-state index contributed by atoms with van der Waals surface area (Å²) >= 11 is 0. The highest BCUT2D eigenvalue weighted by atomic mass is 32.2. The summed E-state index contributed by atoms with van der Waals surface area (Å²) in [5.41, 5.74) is 0.374. The van der Waals surface area contributed by atoms with E-state index in [0.29, 0.717) is 23.4 Å². The topological polar surface area (TPSA) is 56.8 Å². The number of nitrogens with zero attached hydrogens (tertiary/aromatic N) is 4. The van der Waals surface area contributed by atoms with Crippen LogP contribution >= 0.6 is 0 Å². The first-order chi connectivity index (χ1) is 11.8. The van der Waals surface area contributed by atoms with Crippen LogP contribution in [0.25, 0.3) is 0 Å². The predicted molar refractivity (Wildman–Crippen MR) is 100 cm³/mol. The van der Waals surface area contributed by atoms with E-state index in [1.807, 2.05) is 13.1 Å². The summed E-state index contributed by atoms with van der Waals surface area (Å²) in [6, 6.07) is 3.58. The molecule has 7 heteroatoms. The Kier molecular flexibility index (Phi) is 5.37. The Hall–Kier alpha value is -1.18. The average Bonchev–Trinajstić information content (AvgIpc) is 2.76. The molecule has 0 radical (unpaired) electrons. The van der Waals surface area contributed by atoms with Gasteiger partial charge in [-0.2, -0.15) is 4.31 Å². The molecule has 6 nitrogen and oxygen atoms in total. The Balaban J connectivity index is 1.71. The van der Waals surface area contributed by atoms with E-state index in [1.165, 1.54) is 12.6 Å². The van der Waals surface area contributed by atoms with Crippen molar-refractivity contribution in [2.45, 2.75) is 38.0 Å². The second-order valence-electron chi connectivity index (χ2n) is 8.06. The van der Waals surface area contributed by atoms with Crippen molar-refractivity contribution in [3.05, 3.63) is 18.3 Å². The predicted octanol–water partition coefficient (Wildman–Crippen LogP) is 2.03. The molecular weight excluding hydrogens is 336 g/mol. The number of anilines is 1. The highest BCUT2D eigenvalue weighted by Gasteiger charge is 2.28. The zero-order valence-corrected chi connectivity index (χ0v) is 16.4. The third-order valence-corrected chi connectivity index (χ3v) is 7.37. The number of hydrogen-bond donors (Lipinski definition) is 0. The molecule has 0 bridgehead atoms. The van der Waals surface area contributed by atoms with Gasteiger partial charge in [-0.3, -0.25) is 0 Å². The summed E-state index contributed by atoms with van der Waals surface area (Å²) < 4.78 is 27.1. The lowest BCUT2D eigenvalue weighted by molar-refractivity contribution is 0.222. The Morgan fingerprint density at radius 1 is 1.00 bits per heavy atom. The highest BCUT2D eigenvalue weighted by Crippen LogP contribution is 2.31. The monoisotopic (exact) mass is 366 g/mol. The van der Waals surface area contributed by atoms with Crippen LogP contribution in [-0.4, -0.2) is 68.9 Å². The molecule has 0 unspecified atom stereocenters. The Morgan fingerprint density at radius 2 is 1.72 bits per heavy atom. The minimum atomic E-state index is -3.43. The normalized spacial score (nSPS) is 23.4. The van der Waals surface area contributed by atoms with E-state index < -0.39 is 10.0 Å². The lowest BCUT2D eigenvalue weighted by Gasteiger charge is -2.31. The van der Waals surface area contributed by atoms with E-state index in [4.69, 9.17) is 0 Å². The minimum absolute atomic E-state index is 0.302. The summed E-state index contributed by atoms with van der Waals surface area (Å²) in [7, 11) is -1.42. The number of aromatic nitrogens is 1. The smallest absolute Gasteiger partial charge is 0.244 e. The molecule has 0 amide bonds. The van der Waals surface area contributed by atoms with Crippen LogP contribution in [0.4, 0.5) is 5.82 Å². The number of pyridine rings is 1. The van der Waals surface area contributed by atoms with Crippen LogP contribution in [0.2, 0.25) is 0 Å². The molecule has 25 heavy (non-hydrogen) atoms. The molecule has 1 aromatic rings. The molecule has 1 aromatic heterocycles. The number of rotatable bonds is 3. The number of piperazine rings is 1. The first-order valence-electron chi connectivity index (χ1n) is 9.18. The van der Waals surface area contributed by atoms with Crippen molar-refractivity contribution in [2.75, 3.05) is 51.2 Å². The molecule has 2 fully saturated rings. The molecule has 0 saturated carbocycles. The fourth-order valence-electron chi connectivity index (χ4n) is 3.54. The number of sulfonamides is 1. The van der Waals surface area contributed by atoms with E-state index in [2.05, 4.69) is 28.6 Å². The van der Waals surface area contributed by atoms with E-state index in [9.17, 15) is 8.42 Å². The Labute approximate surface area is 151 Å². The van der Waals surface area contributed by atoms with Crippen molar-refractivity contribution < 1.29 is 8.42 Å². The van der Waals surface area contributed by atoms with Crippen molar-refractivity contribution in [2.24, 2.45) is 5.41 Å². The van der Waals surface area contributed by atoms with Gasteiger partial charge < -0.3 is 9.80 Å². The van der Waals surface area contributed by atoms with Gasteiger partial charge in [-0.05, 0) is 43.9 Å². The van der Waals surface area contributed by atoms with E-state index in [1.54, 1.807) is 10.4 Å². The quantitative estimate of drug-likeness (QED) is 0.819. The van der Waals surface area contributed by atoms with Crippen molar-refractivity contribution in [3.63, 3.8) is 0 Å². The summed E-state index contributed by atoms with van der Waals surface area (Å²) in [6.07, 6.45) is 5.03. The first-order valence-corrected chi connectivity index (χ1v) is 10.6. The fourth-order valence-corrected chi connectivity index (χ4v) is 4.91. The van der Waals surface area contributed by atoms with Gasteiger partial charge in [0.25, 0.3) is 0 Å². The first kappa shape index (κ1) is 18.6. The lowest BCUT2D eigenvalue weighted by atomic mass is 9.85. The molecule has 0 N–H and O–H groups in total. The summed E-state index contributed by atoms with van der Waals surface area (Å²) in [5.74, 6) is 0.884. The molecule has 3 rings (SSSR count). The molecule has 0 aromatic carbocycles. The molecule has 2 aliphatic rings. The molecule has 3 heterocycles. The van der Waals surface area contributed by atoms with Crippen LogP contribution < -0.4 is 4.90 Å². The van der Waals surface area contributed by atoms with Crippen molar-refractivity contribution >= 4 is 15.8 Å². The third kappa shape index (κ3) is 4.33. The van der Waals surface area contributed by atoms with Crippen LogP contribution in [0.15, 0.2) is 23.2 Å². The van der Waals surface area contributed by atoms with E-state index >= 15 is 0 Å². The van der Waals surface area contributed by atoms with Crippen LogP contribution in [-0.2, 0) is 10.0 Å². The molecule has 2 saturated heterocycles. The molecule has 2 aliphatic heterocycles. The van der Waals surface area contributed by atoms with Crippen LogP contribution in [0.5, 0.6) is 0 Å². The molecule has 0 spiro atoms. The van der Waals surface area contributed by atoms with Gasteiger partial charge in [0.15, 0.2) is 0 Å². The zero-order chi connectivity index (χ0) is 18.1. The minimum Gasteiger partial charge on any atom is -0.357 e. The van der Waals surface area contributed by atoms with Crippen LogP contribution in [0.1, 0.15) is 33.1 Å². The fraction of sp³-hybridized carbons (Fsp3) is 0.722. The number of hydrogen-bond acceptors (Lipinski definition) is 5. The molecular formula is C18H30N4O2S. The SMILES string of the molecule is CN1CCN(S(=O)(=O)c2ccc(N3CCCC(C)(C)CC3)nc2)CC1. The van der Waals surface area contributed by atoms with Gasteiger partial charge >= 0.3 is 0 Å². The van der Waals surface area contributed by atoms with Gasteiger partial charge in [0.2, 0.25) is 10.0 Å². The lowest BCUT2D eigenvalue weighted by Crippen LogP contribution is -2.47. The van der Waals surface area contributed by atoms with E-state index in [-0.39, 0.29) is 0 Å². The largest absolute Gasteiger partial charge is 0.357 e. The van der Waals surface area contributed by atoms with Crippen molar-refractivity contribution in [1.82, 2.24) is 14.2 Å². The second-order valence-corrected chi connectivity index (χ2v) is 10.0. The highest BCUT2D eigenvalue weighted by molar-refractivity contribution is 7.89. The average molecular weight is 367 g/mol. The second kappa shape index (κ2) is 7.21. The molecule has 0 aliphatic carbocycles. The van der Waals surface area contributed by atoms with E-state index in [0.717, 1.165) is 44.8 Å². The molecule has 140 valence electrons. The van der Waals surface area contributed by atoms with Gasteiger partial charge in [0, 0.05) is 45.5 Å². The zero-order valence-electron chi connectivity index (χ0n) is 15.6. The Bertz CT molecular complexity index is 680. The van der Waals surface area contributed by atoms with Crippen LogP contribution in [0, 0.1) is 5.41 Å². The maximum atomic E-state index is 12.8. The van der Waals surface area contributed by atoms with Gasteiger partial charge in [-0.1, -0.05) is 13.8 Å². The van der Waals surface area contributed by atoms with Crippen molar-refractivity contribution in [1.29, 1.82) is 0 Å². The molecule has 0 atom stereocenters. The Morgan fingerprint density at radius 3 is 2.36 bits per heavy atom. The summed E-state index contributed by atoms with van der Waals surface area (Å²) in [6.45, 7) is 9.23. The standard InChI is InChI=1S/C18H30N4O2S/c1-18(2)7-4-9-21(10-8-18)17-6-5-16(15-19-17)25(23,24)22-13-11-20(3)12-14-22/h5-6,15H,4,7-14H2,1-3H3. The third-order valence-electron chi connectivity index (χ3n) is 5.48. The van der Waals surface area contributed by atoms with Crippen LogP contribution in [0.3, 0.4) is 0 Å².